The fraction of sp³-hybridized carbons (Fsp3) is 0.579. The number of amides is 2. The fourth-order valence-electron chi connectivity index (χ4n) is 2.98. The summed E-state index contributed by atoms with van der Waals surface area (Å²) in [7, 11) is 1.61. The molecule has 138 valence electrons. The molecular formula is C19H28N2O4. The second-order valence-corrected chi connectivity index (χ2v) is 6.03. The third-order valence-electron chi connectivity index (χ3n) is 4.44. The number of rotatable bonds is 7. The number of hydrogen-bond donors (Lipinski definition) is 0. The minimum atomic E-state index is 0.136. The molecule has 1 saturated heterocycles. The van der Waals surface area contributed by atoms with Gasteiger partial charge in [-0.05, 0) is 31.0 Å². The van der Waals surface area contributed by atoms with E-state index in [9.17, 15) is 9.59 Å². The minimum Gasteiger partial charge on any atom is -0.493 e. The maximum absolute atomic E-state index is 12.4. The molecule has 0 aliphatic carbocycles. The van der Waals surface area contributed by atoms with Gasteiger partial charge >= 0.3 is 0 Å². The average Bonchev–Trinajstić information content (AvgIpc) is 2.66. The highest BCUT2D eigenvalue weighted by molar-refractivity contribution is 5.78. The molecule has 0 spiro atoms. The molecule has 0 N–H and O–H groups in total. The number of carbonyl (C=O) groups excluding carboxylic acids is 2. The first-order chi connectivity index (χ1) is 12.1. The van der Waals surface area contributed by atoms with Gasteiger partial charge in [-0.15, -0.1) is 0 Å². The summed E-state index contributed by atoms with van der Waals surface area (Å²) in [5.74, 6) is 1.71. The first-order valence-corrected chi connectivity index (χ1v) is 8.94. The number of hydrogen-bond acceptors (Lipinski definition) is 4. The van der Waals surface area contributed by atoms with Crippen LogP contribution in [-0.2, 0) is 16.0 Å². The lowest BCUT2D eigenvalue weighted by atomic mass is 10.1. The summed E-state index contributed by atoms with van der Waals surface area (Å²) in [6.07, 6.45) is 1.64. The minimum absolute atomic E-state index is 0.136. The van der Waals surface area contributed by atoms with Crippen LogP contribution >= 0.6 is 0 Å². The van der Waals surface area contributed by atoms with Gasteiger partial charge in [-0.1, -0.05) is 13.0 Å². The van der Waals surface area contributed by atoms with E-state index in [0.717, 1.165) is 11.3 Å². The van der Waals surface area contributed by atoms with Crippen LogP contribution in [0.5, 0.6) is 11.5 Å². The molecule has 0 atom stereocenters. The van der Waals surface area contributed by atoms with E-state index in [2.05, 4.69) is 0 Å². The Hall–Kier alpha value is -2.24. The molecule has 1 aromatic rings. The van der Waals surface area contributed by atoms with Gasteiger partial charge in [-0.2, -0.15) is 0 Å². The summed E-state index contributed by atoms with van der Waals surface area (Å²) >= 11 is 0. The summed E-state index contributed by atoms with van der Waals surface area (Å²) in [4.78, 5) is 27.8. The van der Waals surface area contributed by atoms with E-state index in [-0.39, 0.29) is 11.8 Å². The Bertz CT molecular complexity index is 595. The molecule has 0 bridgehead atoms. The van der Waals surface area contributed by atoms with Crippen LogP contribution in [0, 0.1) is 0 Å². The molecule has 0 saturated carbocycles. The Labute approximate surface area is 149 Å². The molecule has 0 unspecified atom stereocenters. The van der Waals surface area contributed by atoms with E-state index >= 15 is 0 Å². The topological polar surface area (TPSA) is 59.1 Å². The molecule has 6 nitrogen and oxygen atoms in total. The summed E-state index contributed by atoms with van der Waals surface area (Å²) in [6, 6.07) is 5.78. The van der Waals surface area contributed by atoms with Crippen LogP contribution in [0.15, 0.2) is 18.2 Å². The van der Waals surface area contributed by atoms with Gasteiger partial charge in [-0.25, -0.2) is 0 Å². The van der Waals surface area contributed by atoms with Crippen LogP contribution in [0.4, 0.5) is 0 Å². The number of carbonyl (C=O) groups is 2. The molecule has 1 aliphatic heterocycles. The molecule has 2 amide bonds. The molecular weight excluding hydrogens is 320 g/mol. The van der Waals surface area contributed by atoms with E-state index in [1.807, 2.05) is 41.8 Å². The molecule has 1 heterocycles. The highest BCUT2D eigenvalue weighted by atomic mass is 16.5. The average molecular weight is 348 g/mol. The Balaban J connectivity index is 1.85. The van der Waals surface area contributed by atoms with Crippen molar-refractivity contribution in [2.45, 2.75) is 33.1 Å². The Morgan fingerprint density at radius 2 is 1.64 bits per heavy atom. The third-order valence-corrected chi connectivity index (χ3v) is 4.44. The predicted molar refractivity (Wildman–Crippen MR) is 95.9 cm³/mol. The highest BCUT2D eigenvalue weighted by Gasteiger charge is 2.23. The quantitative estimate of drug-likeness (QED) is 0.757. The van der Waals surface area contributed by atoms with Gasteiger partial charge < -0.3 is 19.3 Å². The molecule has 1 aliphatic rings. The van der Waals surface area contributed by atoms with Crippen LogP contribution < -0.4 is 9.47 Å². The maximum atomic E-state index is 12.4. The number of methoxy groups -OCH3 is 1. The molecule has 2 rings (SSSR count). The second kappa shape index (κ2) is 9.30. The third kappa shape index (κ3) is 5.11. The number of aryl methyl sites for hydroxylation is 1. The smallest absolute Gasteiger partial charge is 0.223 e. The monoisotopic (exact) mass is 348 g/mol. The van der Waals surface area contributed by atoms with Gasteiger partial charge in [0.15, 0.2) is 11.5 Å². The van der Waals surface area contributed by atoms with Crippen molar-refractivity contribution in [1.29, 1.82) is 0 Å². The summed E-state index contributed by atoms with van der Waals surface area (Å²) in [6.45, 7) is 6.89. The van der Waals surface area contributed by atoms with Crippen LogP contribution in [-0.4, -0.2) is 61.5 Å². The lowest BCUT2D eigenvalue weighted by Gasteiger charge is -2.34. The van der Waals surface area contributed by atoms with Crippen LogP contribution in [0.25, 0.3) is 0 Å². The van der Waals surface area contributed by atoms with Crippen molar-refractivity contribution < 1.29 is 19.1 Å². The molecule has 25 heavy (non-hydrogen) atoms. The van der Waals surface area contributed by atoms with Gasteiger partial charge in [0, 0.05) is 39.0 Å². The van der Waals surface area contributed by atoms with Crippen molar-refractivity contribution in [1.82, 2.24) is 9.80 Å². The zero-order chi connectivity index (χ0) is 18.2. The first kappa shape index (κ1) is 19.1. The largest absolute Gasteiger partial charge is 0.493 e. The highest BCUT2D eigenvalue weighted by Crippen LogP contribution is 2.28. The van der Waals surface area contributed by atoms with Crippen molar-refractivity contribution in [2.24, 2.45) is 0 Å². The normalized spacial score (nSPS) is 14.4. The van der Waals surface area contributed by atoms with E-state index in [4.69, 9.17) is 9.47 Å². The van der Waals surface area contributed by atoms with Crippen molar-refractivity contribution in [3.63, 3.8) is 0 Å². The van der Waals surface area contributed by atoms with Crippen molar-refractivity contribution >= 4 is 11.8 Å². The van der Waals surface area contributed by atoms with Crippen LogP contribution in [0.1, 0.15) is 32.3 Å². The zero-order valence-electron chi connectivity index (χ0n) is 15.4. The van der Waals surface area contributed by atoms with Gasteiger partial charge in [-0.3, -0.25) is 9.59 Å². The van der Waals surface area contributed by atoms with E-state index in [1.54, 1.807) is 7.11 Å². The SMILES string of the molecule is CCOc1ccc(CCC(=O)N2CCN(C(=O)CC)CC2)cc1OC. The van der Waals surface area contributed by atoms with Crippen LogP contribution in [0.3, 0.4) is 0 Å². The summed E-state index contributed by atoms with van der Waals surface area (Å²) in [5, 5.41) is 0. The van der Waals surface area contributed by atoms with E-state index < -0.39 is 0 Å². The van der Waals surface area contributed by atoms with Crippen molar-refractivity contribution in [3.8, 4) is 11.5 Å². The number of benzene rings is 1. The second-order valence-electron chi connectivity index (χ2n) is 6.03. The first-order valence-electron chi connectivity index (χ1n) is 8.94. The Morgan fingerprint density at radius 1 is 1.00 bits per heavy atom. The lowest BCUT2D eigenvalue weighted by Crippen LogP contribution is -2.50. The van der Waals surface area contributed by atoms with Gasteiger partial charge in [0.05, 0.1) is 13.7 Å². The van der Waals surface area contributed by atoms with E-state index in [0.29, 0.717) is 57.8 Å². The molecule has 1 aromatic carbocycles. The zero-order valence-corrected chi connectivity index (χ0v) is 15.4. The number of ether oxygens (including phenoxy) is 2. The molecule has 0 radical (unpaired) electrons. The fourth-order valence-corrected chi connectivity index (χ4v) is 2.98. The molecule has 1 fully saturated rings. The standard InChI is InChI=1S/C19H28N2O4/c1-4-18(22)20-10-12-21(13-11-20)19(23)9-7-15-6-8-16(25-5-2)17(14-15)24-3/h6,8,14H,4-5,7,9-13H2,1-3H3. The Kier molecular flexibility index (Phi) is 7.10. The summed E-state index contributed by atoms with van der Waals surface area (Å²) < 4.78 is 10.9. The number of piperazine rings is 1. The summed E-state index contributed by atoms with van der Waals surface area (Å²) in [5.41, 5.74) is 1.05. The lowest BCUT2D eigenvalue weighted by molar-refractivity contribution is -0.139. The Morgan fingerprint density at radius 3 is 2.20 bits per heavy atom. The predicted octanol–water partition coefficient (Wildman–Crippen LogP) is 2.11. The van der Waals surface area contributed by atoms with Gasteiger partial charge in [0.1, 0.15) is 0 Å². The van der Waals surface area contributed by atoms with Gasteiger partial charge in [0.25, 0.3) is 0 Å². The van der Waals surface area contributed by atoms with Crippen molar-refractivity contribution in [3.05, 3.63) is 23.8 Å². The molecule has 6 heteroatoms. The van der Waals surface area contributed by atoms with Gasteiger partial charge in [0.2, 0.25) is 11.8 Å². The molecule has 0 aromatic heterocycles. The van der Waals surface area contributed by atoms with Crippen molar-refractivity contribution in [2.75, 3.05) is 39.9 Å². The van der Waals surface area contributed by atoms with E-state index in [1.165, 1.54) is 0 Å². The van der Waals surface area contributed by atoms with Crippen LogP contribution in [0.2, 0.25) is 0 Å². The maximum Gasteiger partial charge on any atom is 0.223 e. The number of nitrogens with zero attached hydrogens (tertiary/aromatic N) is 2.